The van der Waals surface area contributed by atoms with Crippen LogP contribution in [-0.4, -0.2) is 16.1 Å². The van der Waals surface area contributed by atoms with Gasteiger partial charge in [0.2, 0.25) is 5.82 Å². The fraction of sp³-hybridized carbons (Fsp3) is 0.333. The van der Waals surface area contributed by atoms with Gasteiger partial charge in [-0.3, -0.25) is 4.57 Å². The first kappa shape index (κ1) is 13.3. The van der Waals surface area contributed by atoms with Crippen LogP contribution >= 0.6 is 0 Å². The van der Waals surface area contributed by atoms with E-state index in [1.54, 1.807) is 6.20 Å². The molecule has 2 rings (SSSR count). The fourth-order valence-electron chi connectivity index (χ4n) is 2.07. The molecule has 0 bridgehead atoms. The van der Waals surface area contributed by atoms with Crippen LogP contribution in [0.5, 0.6) is 0 Å². The number of hydrogen-bond donors (Lipinski definition) is 1. The van der Waals surface area contributed by atoms with Crippen molar-refractivity contribution in [3.8, 4) is 11.8 Å². The van der Waals surface area contributed by atoms with Gasteiger partial charge in [-0.15, -0.1) is 0 Å². The first-order valence-corrected chi connectivity index (χ1v) is 6.50. The van der Waals surface area contributed by atoms with E-state index in [-0.39, 0.29) is 0 Å². The predicted molar refractivity (Wildman–Crippen MR) is 75.0 cm³/mol. The Morgan fingerprint density at radius 2 is 2.26 bits per heavy atom. The van der Waals surface area contributed by atoms with Gasteiger partial charge in [-0.1, -0.05) is 24.6 Å². The lowest BCUT2D eigenvalue weighted by Crippen LogP contribution is -2.16. The zero-order valence-electron chi connectivity index (χ0n) is 11.3. The number of hydrogen-bond acceptors (Lipinski definition) is 3. The van der Waals surface area contributed by atoms with Crippen LogP contribution in [0, 0.1) is 18.3 Å². The third-order valence-electron chi connectivity index (χ3n) is 2.98. The van der Waals surface area contributed by atoms with Gasteiger partial charge in [0.15, 0.2) is 0 Å². The minimum Gasteiger partial charge on any atom is -0.313 e. The number of rotatable bonds is 5. The lowest BCUT2D eigenvalue weighted by Gasteiger charge is -2.12. The predicted octanol–water partition coefficient (Wildman–Crippen LogP) is 2.55. The third-order valence-corrected chi connectivity index (χ3v) is 2.98. The second-order valence-corrected chi connectivity index (χ2v) is 4.54. The molecule has 0 amide bonds. The highest BCUT2D eigenvalue weighted by Crippen LogP contribution is 2.18. The Hall–Kier alpha value is -2.12. The molecule has 0 unspecified atom stereocenters. The van der Waals surface area contributed by atoms with Gasteiger partial charge in [-0.25, -0.2) is 4.98 Å². The van der Waals surface area contributed by atoms with Gasteiger partial charge in [-0.05, 0) is 31.5 Å². The maximum Gasteiger partial charge on any atom is 0.217 e. The molecular formula is C15H18N4. The van der Waals surface area contributed by atoms with Crippen LogP contribution in [0.25, 0.3) is 5.69 Å². The summed E-state index contributed by atoms with van der Waals surface area (Å²) in [6.07, 6.45) is 4.59. The van der Waals surface area contributed by atoms with Crippen LogP contribution in [0.3, 0.4) is 0 Å². The van der Waals surface area contributed by atoms with Gasteiger partial charge in [0, 0.05) is 18.9 Å². The van der Waals surface area contributed by atoms with E-state index < -0.39 is 0 Å². The van der Waals surface area contributed by atoms with Crippen LogP contribution in [0.2, 0.25) is 0 Å². The molecule has 0 saturated carbocycles. The molecule has 0 aliphatic heterocycles. The van der Waals surface area contributed by atoms with E-state index in [0.29, 0.717) is 5.82 Å². The van der Waals surface area contributed by atoms with E-state index in [1.807, 2.05) is 16.8 Å². The summed E-state index contributed by atoms with van der Waals surface area (Å²) in [5.41, 5.74) is 3.42. The fourth-order valence-corrected chi connectivity index (χ4v) is 2.07. The molecule has 0 fully saturated rings. The van der Waals surface area contributed by atoms with Gasteiger partial charge < -0.3 is 5.32 Å². The molecule has 0 aliphatic carbocycles. The van der Waals surface area contributed by atoms with Crippen molar-refractivity contribution in [2.45, 2.75) is 26.8 Å². The number of imidazole rings is 1. The van der Waals surface area contributed by atoms with Crippen molar-refractivity contribution < 1.29 is 0 Å². The van der Waals surface area contributed by atoms with Gasteiger partial charge in [0.25, 0.3) is 0 Å². The molecular weight excluding hydrogens is 236 g/mol. The van der Waals surface area contributed by atoms with Gasteiger partial charge in [0.05, 0.1) is 5.69 Å². The molecule has 19 heavy (non-hydrogen) atoms. The van der Waals surface area contributed by atoms with Crippen molar-refractivity contribution in [1.82, 2.24) is 14.9 Å². The molecule has 0 aliphatic rings. The highest BCUT2D eigenvalue weighted by molar-refractivity contribution is 5.45. The Labute approximate surface area is 113 Å². The Bertz CT molecular complexity index is 592. The molecule has 4 nitrogen and oxygen atoms in total. The lowest BCUT2D eigenvalue weighted by molar-refractivity contribution is 0.672. The second kappa shape index (κ2) is 6.17. The monoisotopic (exact) mass is 254 g/mol. The molecule has 1 N–H and O–H groups in total. The van der Waals surface area contributed by atoms with E-state index >= 15 is 0 Å². The number of benzene rings is 1. The minimum atomic E-state index is 0.417. The molecule has 0 radical (unpaired) electrons. The highest BCUT2D eigenvalue weighted by atomic mass is 15.1. The molecule has 2 aromatic rings. The molecule has 1 heterocycles. The molecule has 1 aromatic heterocycles. The van der Waals surface area contributed by atoms with Crippen molar-refractivity contribution in [3.63, 3.8) is 0 Å². The normalized spacial score (nSPS) is 10.4. The number of aromatic nitrogens is 2. The van der Waals surface area contributed by atoms with Crippen LogP contribution < -0.4 is 5.32 Å². The zero-order chi connectivity index (χ0) is 13.7. The minimum absolute atomic E-state index is 0.417. The van der Waals surface area contributed by atoms with Crippen molar-refractivity contribution in [2.75, 3.05) is 6.54 Å². The smallest absolute Gasteiger partial charge is 0.217 e. The topological polar surface area (TPSA) is 53.6 Å². The Morgan fingerprint density at radius 1 is 1.42 bits per heavy atom. The lowest BCUT2D eigenvalue weighted by atomic mass is 10.1. The largest absolute Gasteiger partial charge is 0.313 e. The van der Waals surface area contributed by atoms with Crippen molar-refractivity contribution in [3.05, 3.63) is 47.5 Å². The van der Waals surface area contributed by atoms with Crippen LogP contribution in [0.1, 0.15) is 30.3 Å². The SMILES string of the molecule is CCCNCc1cc(C)ccc1-n1ccnc1C#N. The Morgan fingerprint density at radius 3 is 3.00 bits per heavy atom. The Balaban J connectivity index is 2.37. The first-order valence-electron chi connectivity index (χ1n) is 6.50. The summed E-state index contributed by atoms with van der Waals surface area (Å²) in [4.78, 5) is 4.05. The van der Waals surface area contributed by atoms with Crippen LogP contribution in [-0.2, 0) is 6.54 Å². The van der Waals surface area contributed by atoms with E-state index in [2.05, 4.69) is 42.4 Å². The van der Waals surface area contributed by atoms with Gasteiger partial charge in [-0.2, -0.15) is 5.26 Å². The third kappa shape index (κ3) is 3.01. The number of aryl methyl sites for hydroxylation is 1. The van der Waals surface area contributed by atoms with Crippen molar-refractivity contribution in [2.24, 2.45) is 0 Å². The van der Waals surface area contributed by atoms with Crippen molar-refractivity contribution in [1.29, 1.82) is 5.26 Å². The zero-order valence-corrected chi connectivity index (χ0v) is 11.3. The highest BCUT2D eigenvalue weighted by Gasteiger charge is 2.09. The quantitative estimate of drug-likeness (QED) is 0.834. The Kier molecular flexibility index (Phi) is 4.32. The van der Waals surface area contributed by atoms with Gasteiger partial charge in [0.1, 0.15) is 6.07 Å². The number of nitriles is 1. The number of nitrogens with one attached hydrogen (secondary N) is 1. The summed E-state index contributed by atoms with van der Waals surface area (Å²) in [6, 6.07) is 8.36. The van der Waals surface area contributed by atoms with E-state index in [9.17, 15) is 0 Å². The van der Waals surface area contributed by atoms with E-state index in [0.717, 1.165) is 25.2 Å². The number of nitrogens with zero attached hydrogens (tertiary/aromatic N) is 3. The molecule has 1 aromatic carbocycles. The van der Waals surface area contributed by atoms with Gasteiger partial charge >= 0.3 is 0 Å². The van der Waals surface area contributed by atoms with Crippen LogP contribution in [0.4, 0.5) is 0 Å². The average Bonchev–Trinajstić information content (AvgIpc) is 2.87. The standard InChI is InChI=1S/C15H18N4/c1-3-6-17-11-13-9-12(2)4-5-14(13)19-8-7-18-15(19)10-16/h4-5,7-9,17H,3,6,11H2,1-2H3. The van der Waals surface area contributed by atoms with E-state index in [1.165, 1.54) is 11.1 Å². The molecule has 0 saturated heterocycles. The van der Waals surface area contributed by atoms with Crippen LogP contribution in [0.15, 0.2) is 30.6 Å². The summed E-state index contributed by atoms with van der Waals surface area (Å²) in [6.45, 7) is 6.01. The first-order chi connectivity index (χ1) is 9.26. The maximum atomic E-state index is 9.08. The average molecular weight is 254 g/mol. The molecule has 4 heteroatoms. The summed E-state index contributed by atoms with van der Waals surface area (Å²) in [5.74, 6) is 0.417. The molecule has 98 valence electrons. The summed E-state index contributed by atoms with van der Waals surface area (Å²) in [7, 11) is 0. The maximum absolute atomic E-state index is 9.08. The second-order valence-electron chi connectivity index (χ2n) is 4.54. The molecule has 0 atom stereocenters. The summed E-state index contributed by atoms with van der Waals surface area (Å²) in [5, 5.41) is 12.5. The summed E-state index contributed by atoms with van der Waals surface area (Å²) < 4.78 is 1.84. The summed E-state index contributed by atoms with van der Waals surface area (Å²) >= 11 is 0. The van der Waals surface area contributed by atoms with Crippen molar-refractivity contribution >= 4 is 0 Å². The molecule has 0 spiro atoms. The van der Waals surface area contributed by atoms with E-state index in [4.69, 9.17) is 5.26 Å².